The monoisotopic (exact) mass is 360 g/mol. The lowest BCUT2D eigenvalue weighted by molar-refractivity contribution is 0.297. The maximum absolute atomic E-state index is 12.7. The first-order valence-corrected chi connectivity index (χ1v) is 11.0. The molecule has 1 aromatic carbocycles. The van der Waals surface area contributed by atoms with E-state index < -0.39 is 20.0 Å². The second-order valence-corrected chi connectivity index (χ2v) is 10.0. The van der Waals surface area contributed by atoms with Gasteiger partial charge in [0.05, 0.1) is 4.90 Å². The van der Waals surface area contributed by atoms with Crippen LogP contribution in [0.25, 0.3) is 0 Å². The molecule has 0 aliphatic carbocycles. The highest BCUT2D eigenvalue weighted by Crippen LogP contribution is 2.26. The molecular formula is C15H24N2O4S2. The van der Waals surface area contributed by atoms with Gasteiger partial charge in [-0.3, -0.25) is 0 Å². The van der Waals surface area contributed by atoms with Gasteiger partial charge in [0.25, 0.3) is 10.2 Å². The summed E-state index contributed by atoms with van der Waals surface area (Å²) in [4.78, 5) is 0.231. The maximum atomic E-state index is 12.7. The molecule has 0 saturated carbocycles. The number of piperidine rings is 1. The second-order valence-electron chi connectivity index (χ2n) is 6.00. The molecule has 1 heterocycles. The summed E-state index contributed by atoms with van der Waals surface area (Å²) in [7, 11) is -5.18. The summed E-state index contributed by atoms with van der Waals surface area (Å²) in [6.07, 6.45) is 4.01. The fraction of sp³-hybridized carbons (Fsp3) is 0.600. The highest BCUT2D eigenvalue weighted by atomic mass is 32.2. The molecular weight excluding hydrogens is 336 g/mol. The standard InChI is InChI=1S/C15H24N2O4S2/c1-13(14-7-9-15(10-8-14)22(3,18)19)16(2)23(20,21)17-11-5-4-6-12-17/h7-10,13H,4-6,11-12H2,1-3H3. The van der Waals surface area contributed by atoms with E-state index in [2.05, 4.69) is 0 Å². The van der Waals surface area contributed by atoms with Crippen LogP contribution in [0.1, 0.15) is 37.8 Å². The van der Waals surface area contributed by atoms with Crippen LogP contribution in [0, 0.1) is 0 Å². The van der Waals surface area contributed by atoms with Gasteiger partial charge in [0, 0.05) is 32.4 Å². The molecule has 6 nitrogen and oxygen atoms in total. The minimum atomic E-state index is -3.50. The zero-order valence-corrected chi connectivity index (χ0v) is 15.4. The minimum absolute atomic E-state index is 0.231. The number of benzene rings is 1. The molecule has 1 saturated heterocycles. The summed E-state index contributed by atoms with van der Waals surface area (Å²) in [5.74, 6) is 0. The Kier molecular flexibility index (Phi) is 5.50. The van der Waals surface area contributed by atoms with E-state index in [4.69, 9.17) is 0 Å². The van der Waals surface area contributed by atoms with Crippen molar-refractivity contribution in [1.82, 2.24) is 8.61 Å². The Morgan fingerprint density at radius 3 is 2.00 bits per heavy atom. The number of hydrogen-bond donors (Lipinski definition) is 0. The van der Waals surface area contributed by atoms with Crippen molar-refractivity contribution in [2.24, 2.45) is 0 Å². The zero-order chi connectivity index (χ0) is 17.3. The third-order valence-corrected chi connectivity index (χ3v) is 7.53. The van der Waals surface area contributed by atoms with Gasteiger partial charge in [-0.2, -0.15) is 17.0 Å². The van der Waals surface area contributed by atoms with Gasteiger partial charge in [-0.15, -0.1) is 0 Å². The third-order valence-electron chi connectivity index (χ3n) is 4.34. The first-order valence-electron chi connectivity index (χ1n) is 7.67. The predicted molar refractivity (Wildman–Crippen MR) is 90.1 cm³/mol. The summed E-state index contributed by atoms with van der Waals surface area (Å²) in [6.45, 7) is 2.93. The van der Waals surface area contributed by atoms with Crippen LogP contribution in [0.2, 0.25) is 0 Å². The van der Waals surface area contributed by atoms with Gasteiger partial charge >= 0.3 is 0 Å². The summed E-state index contributed by atoms with van der Waals surface area (Å²) in [5.41, 5.74) is 0.764. The summed E-state index contributed by atoms with van der Waals surface area (Å²) in [5, 5.41) is 0. The Morgan fingerprint density at radius 2 is 1.52 bits per heavy atom. The largest absolute Gasteiger partial charge is 0.282 e. The van der Waals surface area contributed by atoms with E-state index in [0.29, 0.717) is 13.1 Å². The third kappa shape index (κ3) is 4.12. The predicted octanol–water partition coefficient (Wildman–Crippen LogP) is 1.81. The van der Waals surface area contributed by atoms with Crippen molar-refractivity contribution in [3.05, 3.63) is 29.8 Å². The highest BCUT2D eigenvalue weighted by molar-refractivity contribution is 7.90. The van der Waals surface area contributed by atoms with E-state index in [1.54, 1.807) is 26.1 Å². The molecule has 0 spiro atoms. The van der Waals surface area contributed by atoms with Crippen molar-refractivity contribution in [2.75, 3.05) is 26.4 Å². The van der Waals surface area contributed by atoms with Crippen molar-refractivity contribution in [1.29, 1.82) is 0 Å². The fourth-order valence-corrected chi connectivity index (χ4v) is 4.92. The Morgan fingerprint density at radius 1 is 1.00 bits per heavy atom. The Hall–Kier alpha value is -0.960. The molecule has 130 valence electrons. The van der Waals surface area contributed by atoms with Crippen molar-refractivity contribution in [3.63, 3.8) is 0 Å². The molecule has 1 unspecified atom stereocenters. The number of nitrogens with zero attached hydrogens (tertiary/aromatic N) is 2. The van der Waals surface area contributed by atoms with Crippen LogP contribution in [-0.2, 0) is 20.0 Å². The van der Waals surface area contributed by atoms with E-state index in [1.807, 2.05) is 0 Å². The fourth-order valence-electron chi connectivity index (χ4n) is 2.68. The SMILES string of the molecule is CC(c1ccc(S(C)(=O)=O)cc1)N(C)S(=O)(=O)N1CCCCC1. The first kappa shape index (κ1) is 18.4. The number of rotatable bonds is 5. The number of hydrogen-bond acceptors (Lipinski definition) is 4. The van der Waals surface area contributed by atoms with E-state index in [9.17, 15) is 16.8 Å². The molecule has 1 atom stereocenters. The molecule has 1 aliphatic rings. The molecule has 2 rings (SSSR count). The molecule has 0 N–H and O–H groups in total. The normalized spacial score (nSPS) is 19.0. The van der Waals surface area contributed by atoms with E-state index in [1.165, 1.54) is 20.7 Å². The molecule has 1 aromatic rings. The van der Waals surface area contributed by atoms with Crippen LogP contribution >= 0.6 is 0 Å². The van der Waals surface area contributed by atoms with Crippen molar-refractivity contribution in [2.45, 2.75) is 37.1 Å². The average molecular weight is 361 g/mol. The second kappa shape index (κ2) is 6.88. The van der Waals surface area contributed by atoms with Crippen LogP contribution < -0.4 is 0 Å². The lowest BCUT2D eigenvalue weighted by atomic mass is 10.1. The first-order chi connectivity index (χ1) is 10.6. The van der Waals surface area contributed by atoms with Gasteiger partial charge in [-0.1, -0.05) is 18.6 Å². The molecule has 1 fully saturated rings. The van der Waals surface area contributed by atoms with Gasteiger partial charge in [0.2, 0.25) is 0 Å². The van der Waals surface area contributed by atoms with Gasteiger partial charge < -0.3 is 0 Å². The molecule has 23 heavy (non-hydrogen) atoms. The van der Waals surface area contributed by atoms with Crippen LogP contribution in [0.4, 0.5) is 0 Å². The van der Waals surface area contributed by atoms with Crippen molar-refractivity contribution in [3.8, 4) is 0 Å². The Bertz CT molecular complexity index is 736. The highest BCUT2D eigenvalue weighted by Gasteiger charge is 2.31. The molecule has 0 aromatic heterocycles. The summed E-state index contributed by atoms with van der Waals surface area (Å²) in [6, 6.07) is 6.01. The Labute approximate surface area is 139 Å². The van der Waals surface area contributed by atoms with Crippen LogP contribution in [-0.4, -0.2) is 51.8 Å². The number of sulfone groups is 1. The van der Waals surface area contributed by atoms with Gasteiger partial charge in [-0.25, -0.2) is 8.42 Å². The van der Waals surface area contributed by atoms with E-state index >= 15 is 0 Å². The maximum Gasteiger partial charge on any atom is 0.282 e. The Balaban J connectivity index is 2.20. The quantitative estimate of drug-likeness (QED) is 0.803. The molecule has 8 heteroatoms. The van der Waals surface area contributed by atoms with E-state index in [-0.39, 0.29) is 10.9 Å². The summed E-state index contributed by atoms with van der Waals surface area (Å²) >= 11 is 0. The molecule has 1 aliphatic heterocycles. The van der Waals surface area contributed by atoms with Gasteiger partial charge in [0.1, 0.15) is 0 Å². The van der Waals surface area contributed by atoms with Gasteiger partial charge in [-0.05, 0) is 37.5 Å². The topological polar surface area (TPSA) is 74.8 Å². The smallest absolute Gasteiger partial charge is 0.224 e. The van der Waals surface area contributed by atoms with Crippen molar-refractivity contribution < 1.29 is 16.8 Å². The van der Waals surface area contributed by atoms with Crippen LogP contribution in [0.5, 0.6) is 0 Å². The van der Waals surface area contributed by atoms with Crippen molar-refractivity contribution >= 4 is 20.0 Å². The van der Waals surface area contributed by atoms with E-state index in [0.717, 1.165) is 31.1 Å². The lowest BCUT2D eigenvalue weighted by Gasteiger charge is -2.33. The minimum Gasteiger partial charge on any atom is -0.224 e. The zero-order valence-electron chi connectivity index (χ0n) is 13.8. The lowest BCUT2D eigenvalue weighted by Crippen LogP contribution is -2.45. The molecule has 0 radical (unpaired) electrons. The molecule has 0 bridgehead atoms. The molecule has 0 amide bonds. The van der Waals surface area contributed by atoms with Crippen LogP contribution in [0.15, 0.2) is 29.2 Å². The average Bonchev–Trinajstić information content (AvgIpc) is 2.53. The summed E-state index contributed by atoms with van der Waals surface area (Å²) < 4.78 is 51.2. The van der Waals surface area contributed by atoms with Crippen LogP contribution in [0.3, 0.4) is 0 Å². The van der Waals surface area contributed by atoms with Gasteiger partial charge in [0.15, 0.2) is 9.84 Å².